The summed E-state index contributed by atoms with van der Waals surface area (Å²) in [6.07, 6.45) is 11.6. The third kappa shape index (κ3) is 2.75. The van der Waals surface area contributed by atoms with Crippen molar-refractivity contribution in [2.24, 2.45) is 56.7 Å². The van der Waals surface area contributed by atoms with Crippen molar-refractivity contribution in [3.63, 3.8) is 0 Å². The van der Waals surface area contributed by atoms with Gasteiger partial charge in [0.1, 0.15) is 0 Å². The number of hydrogen-bond donors (Lipinski definition) is 2. The molecule has 5 aliphatic carbocycles. The molecule has 0 saturated heterocycles. The summed E-state index contributed by atoms with van der Waals surface area (Å²) in [5, 5.41) is 21.4. The first-order valence-electron chi connectivity index (χ1n) is 13.9. The van der Waals surface area contributed by atoms with Crippen LogP contribution in [0.15, 0.2) is 11.6 Å². The molecule has 186 valence electrons. The second-order valence-electron chi connectivity index (χ2n) is 14.5. The maximum Gasteiger partial charge on any atom is 0.310 e. The van der Waals surface area contributed by atoms with E-state index in [0.717, 1.165) is 44.9 Å². The summed E-state index contributed by atoms with van der Waals surface area (Å²) in [7, 11) is 0. The highest BCUT2D eigenvalue weighted by atomic mass is 16.4. The molecular weight excluding hydrogens is 408 g/mol. The molecule has 10 atom stereocenters. The lowest BCUT2D eigenvalue weighted by atomic mass is 9.33. The molecular formula is C30H48O3. The van der Waals surface area contributed by atoms with Crippen molar-refractivity contribution < 1.29 is 15.0 Å². The van der Waals surface area contributed by atoms with Crippen LogP contribution in [0.25, 0.3) is 0 Å². The fraction of sp³-hybridized carbons (Fsp3) is 0.900. The number of carbonyl (C=O) groups is 1. The van der Waals surface area contributed by atoms with Gasteiger partial charge in [0, 0.05) is 0 Å². The monoisotopic (exact) mass is 456 g/mol. The number of carboxylic acids is 1. The van der Waals surface area contributed by atoms with Crippen LogP contribution in [-0.4, -0.2) is 22.3 Å². The molecule has 4 fully saturated rings. The molecule has 0 aliphatic heterocycles. The van der Waals surface area contributed by atoms with Crippen LogP contribution >= 0.6 is 0 Å². The predicted molar refractivity (Wildman–Crippen MR) is 133 cm³/mol. The lowest BCUT2D eigenvalue weighted by molar-refractivity contribution is -0.206. The Morgan fingerprint density at radius 2 is 1.61 bits per heavy atom. The summed E-state index contributed by atoms with van der Waals surface area (Å²) in [5.74, 6) is 1.82. The van der Waals surface area contributed by atoms with Gasteiger partial charge >= 0.3 is 5.97 Å². The van der Waals surface area contributed by atoms with E-state index in [4.69, 9.17) is 0 Å². The Bertz CT molecular complexity index is 874. The summed E-state index contributed by atoms with van der Waals surface area (Å²) in [5.41, 5.74) is 1.46. The summed E-state index contributed by atoms with van der Waals surface area (Å²) < 4.78 is 0. The van der Waals surface area contributed by atoms with Crippen molar-refractivity contribution in [3.8, 4) is 0 Å². The molecule has 5 rings (SSSR count). The molecule has 0 heterocycles. The van der Waals surface area contributed by atoms with Crippen molar-refractivity contribution in [2.45, 2.75) is 112 Å². The molecule has 4 saturated carbocycles. The number of carboxylic acid groups (broad SMARTS) is 1. The first-order chi connectivity index (χ1) is 15.3. The van der Waals surface area contributed by atoms with E-state index in [1.807, 2.05) is 0 Å². The Morgan fingerprint density at radius 3 is 2.27 bits per heavy atom. The van der Waals surface area contributed by atoms with Gasteiger partial charge in [-0.15, -0.1) is 0 Å². The second-order valence-corrected chi connectivity index (χ2v) is 14.5. The number of aliphatic hydroxyl groups is 1. The molecule has 33 heavy (non-hydrogen) atoms. The minimum Gasteiger partial charge on any atom is -0.481 e. The van der Waals surface area contributed by atoms with Gasteiger partial charge in [-0.25, -0.2) is 0 Å². The molecule has 0 aromatic heterocycles. The van der Waals surface area contributed by atoms with Crippen LogP contribution in [0.5, 0.6) is 0 Å². The number of aliphatic carboxylic acids is 1. The van der Waals surface area contributed by atoms with E-state index < -0.39 is 11.4 Å². The number of allylic oxidation sites excluding steroid dienone is 2. The van der Waals surface area contributed by atoms with Gasteiger partial charge in [0.05, 0.1) is 11.5 Å². The summed E-state index contributed by atoms with van der Waals surface area (Å²) in [6, 6.07) is 0. The van der Waals surface area contributed by atoms with E-state index in [2.05, 4.69) is 54.5 Å². The Morgan fingerprint density at radius 1 is 0.909 bits per heavy atom. The molecule has 0 spiro atoms. The fourth-order valence-corrected chi connectivity index (χ4v) is 10.8. The van der Waals surface area contributed by atoms with Gasteiger partial charge < -0.3 is 10.2 Å². The van der Waals surface area contributed by atoms with Crippen LogP contribution < -0.4 is 0 Å². The van der Waals surface area contributed by atoms with E-state index in [1.54, 1.807) is 0 Å². The van der Waals surface area contributed by atoms with Crippen LogP contribution in [0.4, 0.5) is 0 Å². The summed E-state index contributed by atoms with van der Waals surface area (Å²) in [4.78, 5) is 12.8. The smallest absolute Gasteiger partial charge is 0.310 e. The number of rotatable bonds is 1. The lowest BCUT2D eigenvalue weighted by Gasteiger charge is -2.71. The molecule has 3 heteroatoms. The third-order valence-corrected chi connectivity index (χ3v) is 13.4. The Kier molecular flexibility index (Phi) is 5.15. The third-order valence-electron chi connectivity index (χ3n) is 13.4. The molecule has 0 radical (unpaired) electrons. The SMILES string of the molecule is C[C@H]1[C@H](C)CC[C@]2(C(=O)O)CC[C@]3(C)C(=CC[C@@H]4[C@@]5(C)CCC(O)C(C)(C)C5CC[C@]43C)[C@H]12. The maximum atomic E-state index is 12.8. The highest BCUT2D eigenvalue weighted by Gasteiger charge is 2.69. The molecule has 0 amide bonds. The van der Waals surface area contributed by atoms with E-state index in [9.17, 15) is 15.0 Å². The molecule has 2 unspecified atom stereocenters. The highest BCUT2D eigenvalue weighted by molar-refractivity contribution is 5.76. The average molecular weight is 457 g/mol. The molecule has 0 aromatic carbocycles. The van der Waals surface area contributed by atoms with Crippen LogP contribution in [-0.2, 0) is 4.79 Å². The van der Waals surface area contributed by atoms with Crippen molar-refractivity contribution in [3.05, 3.63) is 11.6 Å². The van der Waals surface area contributed by atoms with Crippen LogP contribution in [0.3, 0.4) is 0 Å². The second kappa shape index (κ2) is 7.11. The Labute approximate surface area is 201 Å². The topological polar surface area (TPSA) is 57.5 Å². The van der Waals surface area contributed by atoms with E-state index >= 15 is 0 Å². The zero-order chi connectivity index (χ0) is 24.2. The maximum absolute atomic E-state index is 12.8. The van der Waals surface area contributed by atoms with Gasteiger partial charge in [-0.05, 0) is 109 Å². The van der Waals surface area contributed by atoms with Crippen molar-refractivity contribution in [2.75, 3.05) is 0 Å². The van der Waals surface area contributed by atoms with Crippen LogP contribution in [0.1, 0.15) is 106 Å². The first kappa shape index (κ1) is 23.9. The van der Waals surface area contributed by atoms with Crippen molar-refractivity contribution in [1.82, 2.24) is 0 Å². The number of aliphatic hydroxyl groups excluding tert-OH is 1. The van der Waals surface area contributed by atoms with Gasteiger partial charge in [0.2, 0.25) is 0 Å². The zero-order valence-corrected chi connectivity index (χ0v) is 22.2. The first-order valence-corrected chi connectivity index (χ1v) is 13.9. The molecule has 5 aliphatic rings. The van der Waals surface area contributed by atoms with Crippen LogP contribution in [0.2, 0.25) is 0 Å². The molecule has 3 nitrogen and oxygen atoms in total. The fourth-order valence-electron chi connectivity index (χ4n) is 10.8. The van der Waals surface area contributed by atoms with Gasteiger partial charge in [-0.3, -0.25) is 4.79 Å². The van der Waals surface area contributed by atoms with Gasteiger partial charge in [0.15, 0.2) is 0 Å². The predicted octanol–water partition coefficient (Wildman–Crippen LogP) is 7.09. The number of hydrogen-bond acceptors (Lipinski definition) is 2. The van der Waals surface area contributed by atoms with Gasteiger partial charge in [-0.2, -0.15) is 0 Å². The quantitative estimate of drug-likeness (QED) is 0.414. The molecule has 2 N–H and O–H groups in total. The Hall–Kier alpha value is -0.830. The zero-order valence-electron chi connectivity index (χ0n) is 22.2. The minimum absolute atomic E-state index is 0.0302. The van der Waals surface area contributed by atoms with E-state index in [1.165, 1.54) is 18.4 Å². The lowest BCUT2D eigenvalue weighted by Crippen LogP contribution is -2.65. The number of fused-ring (bicyclic) bond motifs is 7. The minimum atomic E-state index is -0.557. The van der Waals surface area contributed by atoms with Gasteiger partial charge in [0.25, 0.3) is 0 Å². The Balaban J connectivity index is 1.61. The van der Waals surface area contributed by atoms with E-state index in [0.29, 0.717) is 23.7 Å². The highest BCUT2D eigenvalue weighted by Crippen LogP contribution is 2.75. The van der Waals surface area contributed by atoms with Gasteiger partial charge in [-0.1, -0.05) is 60.1 Å². The molecule has 0 aromatic rings. The standard InChI is InChI=1S/C30H48O3/c1-18-10-15-30(25(32)33)17-16-28(6)20(24(30)19(18)2)8-9-22-27(5)13-12-23(31)26(3,4)21(27)11-14-29(22,28)7/h8,18-19,21-24,31H,9-17H2,1-7H3,(H,32,33)/t18-,19+,21?,22-,23?,24+,27+,28-,29-,30+/m1/s1. The average Bonchev–Trinajstić information content (AvgIpc) is 2.74. The molecule has 0 bridgehead atoms. The largest absolute Gasteiger partial charge is 0.481 e. The summed E-state index contributed by atoms with van der Waals surface area (Å²) >= 11 is 0. The van der Waals surface area contributed by atoms with E-state index in [-0.39, 0.29) is 33.7 Å². The van der Waals surface area contributed by atoms with Crippen molar-refractivity contribution >= 4 is 5.97 Å². The summed E-state index contributed by atoms with van der Waals surface area (Å²) in [6.45, 7) is 17.0. The normalized spacial score (nSPS) is 55.3. The van der Waals surface area contributed by atoms with Crippen LogP contribution in [0, 0.1) is 56.7 Å². The van der Waals surface area contributed by atoms with Crippen molar-refractivity contribution in [1.29, 1.82) is 0 Å².